The average molecular weight is 315 g/mol. The zero-order valence-corrected chi connectivity index (χ0v) is 12.5. The number of hydrogen-bond acceptors (Lipinski definition) is 5. The lowest BCUT2D eigenvalue weighted by Crippen LogP contribution is -2.33. The number of non-ortho nitro benzene ring substituents is 1. The molecule has 1 amide bonds. The summed E-state index contributed by atoms with van der Waals surface area (Å²) in [4.78, 5) is 26.6. The molecule has 1 aromatic heterocycles. The zero-order valence-electron chi connectivity index (χ0n) is 12.5. The number of carbonyl (C=O) groups excluding carboxylic acids is 1. The lowest BCUT2D eigenvalue weighted by molar-refractivity contribution is -0.384. The number of benzene rings is 1. The highest BCUT2D eigenvalue weighted by atomic mass is 16.6. The van der Waals surface area contributed by atoms with Gasteiger partial charge in [0.1, 0.15) is 5.82 Å². The molecule has 23 heavy (non-hydrogen) atoms. The van der Waals surface area contributed by atoms with Gasteiger partial charge in [-0.15, -0.1) is 0 Å². The largest absolute Gasteiger partial charge is 0.353 e. The monoisotopic (exact) mass is 315 g/mol. The van der Waals surface area contributed by atoms with Crippen molar-refractivity contribution in [3.63, 3.8) is 0 Å². The SMILES string of the molecule is O=C(Cc1nc(-c2cccc([N+](=O)[O-])c2)n[nH]1)NC1CCCC1. The zero-order chi connectivity index (χ0) is 16.2. The van der Waals surface area contributed by atoms with Crippen molar-refractivity contribution in [3.8, 4) is 11.4 Å². The van der Waals surface area contributed by atoms with E-state index in [2.05, 4.69) is 20.5 Å². The minimum Gasteiger partial charge on any atom is -0.353 e. The fourth-order valence-corrected chi connectivity index (χ4v) is 2.76. The summed E-state index contributed by atoms with van der Waals surface area (Å²) in [6, 6.07) is 6.36. The van der Waals surface area contributed by atoms with Crippen LogP contribution >= 0.6 is 0 Å². The van der Waals surface area contributed by atoms with Crippen molar-refractivity contribution in [3.05, 3.63) is 40.2 Å². The van der Waals surface area contributed by atoms with Crippen molar-refractivity contribution in [1.82, 2.24) is 20.5 Å². The topological polar surface area (TPSA) is 114 Å². The molecular formula is C15H17N5O3. The van der Waals surface area contributed by atoms with Crippen molar-refractivity contribution in [1.29, 1.82) is 0 Å². The summed E-state index contributed by atoms with van der Waals surface area (Å²) in [5.41, 5.74) is 0.519. The molecular weight excluding hydrogens is 298 g/mol. The van der Waals surface area contributed by atoms with Crippen molar-refractivity contribution in [2.75, 3.05) is 0 Å². The minimum absolute atomic E-state index is 0.0205. The molecule has 2 N–H and O–H groups in total. The molecule has 1 aromatic carbocycles. The second-order valence-corrected chi connectivity index (χ2v) is 5.64. The molecule has 1 aliphatic rings. The van der Waals surface area contributed by atoms with Crippen LogP contribution in [0, 0.1) is 10.1 Å². The molecule has 0 spiro atoms. The summed E-state index contributed by atoms with van der Waals surface area (Å²) in [7, 11) is 0. The Morgan fingerprint density at radius 2 is 2.17 bits per heavy atom. The summed E-state index contributed by atoms with van der Waals surface area (Å²) < 4.78 is 0. The Balaban J connectivity index is 1.66. The van der Waals surface area contributed by atoms with Crippen molar-refractivity contribution in [2.24, 2.45) is 0 Å². The number of rotatable bonds is 5. The van der Waals surface area contributed by atoms with Gasteiger partial charge in [-0.25, -0.2) is 4.98 Å². The van der Waals surface area contributed by atoms with Crippen LogP contribution in [0.2, 0.25) is 0 Å². The molecule has 0 atom stereocenters. The quantitative estimate of drug-likeness (QED) is 0.647. The molecule has 1 fully saturated rings. The number of amides is 1. The maximum atomic E-state index is 12.0. The Hall–Kier alpha value is -2.77. The fraction of sp³-hybridized carbons (Fsp3) is 0.400. The van der Waals surface area contributed by atoms with Crippen molar-refractivity contribution < 1.29 is 9.72 Å². The molecule has 0 unspecified atom stereocenters. The lowest BCUT2D eigenvalue weighted by Gasteiger charge is -2.10. The summed E-state index contributed by atoms with van der Waals surface area (Å²) >= 11 is 0. The molecule has 0 saturated heterocycles. The van der Waals surface area contributed by atoms with E-state index in [0.29, 0.717) is 17.2 Å². The number of aromatic amines is 1. The Kier molecular flexibility index (Phi) is 4.31. The van der Waals surface area contributed by atoms with Gasteiger partial charge >= 0.3 is 0 Å². The van der Waals surface area contributed by atoms with Gasteiger partial charge in [0.25, 0.3) is 5.69 Å². The molecule has 1 saturated carbocycles. The number of nitrogens with zero attached hydrogens (tertiary/aromatic N) is 3. The van der Waals surface area contributed by atoms with Crippen LogP contribution in [0.4, 0.5) is 5.69 Å². The smallest absolute Gasteiger partial charge is 0.270 e. The number of nitro benzene ring substituents is 1. The fourth-order valence-electron chi connectivity index (χ4n) is 2.76. The minimum atomic E-state index is -0.466. The number of carbonyl (C=O) groups is 1. The summed E-state index contributed by atoms with van der Waals surface area (Å²) in [6.45, 7) is 0. The van der Waals surface area contributed by atoms with Gasteiger partial charge in [0.15, 0.2) is 5.82 Å². The Bertz CT molecular complexity index is 721. The second-order valence-electron chi connectivity index (χ2n) is 5.64. The first-order chi connectivity index (χ1) is 11.1. The van der Waals surface area contributed by atoms with Crippen LogP contribution in [-0.2, 0) is 11.2 Å². The normalized spacial score (nSPS) is 14.8. The van der Waals surface area contributed by atoms with Gasteiger partial charge in [-0.2, -0.15) is 5.10 Å². The molecule has 8 heteroatoms. The molecule has 0 aliphatic heterocycles. The summed E-state index contributed by atoms with van der Waals surface area (Å²) in [6.07, 6.45) is 4.50. The first-order valence-corrected chi connectivity index (χ1v) is 7.57. The lowest BCUT2D eigenvalue weighted by atomic mass is 10.2. The van der Waals surface area contributed by atoms with Crippen LogP contribution in [0.5, 0.6) is 0 Å². The number of hydrogen-bond donors (Lipinski definition) is 2. The van der Waals surface area contributed by atoms with E-state index in [4.69, 9.17) is 0 Å². The van der Waals surface area contributed by atoms with E-state index in [9.17, 15) is 14.9 Å². The van der Waals surface area contributed by atoms with Crippen LogP contribution in [0.1, 0.15) is 31.5 Å². The van der Waals surface area contributed by atoms with E-state index < -0.39 is 4.92 Å². The van der Waals surface area contributed by atoms with Crippen molar-refractivity contribution in [2.45, 2.75) is 38.1 Å². The highest BCUT2D eigenvalue weighted by molar-refractivity contribution is 5.78. The standard InChI is InChI=1S/C15H17N5O3/c21-14(16-11-5-1-2-6-11)9-13-17-15(19-18-13)10-4-3-7-12(8-10)20(22)23/h3-4,7-8,11H,1-2,5-6,9H2,(H,16,21)(H,17,18,19). The van der Waals surface area contributed by atoms with E-state index in [0.717, 1.165) is 25.7 Å². The van der Waals surface area contributed by atoms with Crippen LogP contribution in [0.3, 0.4) is 0 Å². The van der Waals surface area contributed by atoms with Crippen LogP contribution in [-0.4, -0.2) is 32.1 Å². The summed E-state index contributed by atoms with van der Waals surface area (Å²) in [5.74, 6) is 0.706. The van der Waals surface area contributed by atoms with Gasteiger partial charge in [0.2, 0.25) is 5.91 Å². The number of H-pyrrole nitrogens is 1. The van der Waals surface area contributed by atoms with E-state index in [1.54, 1.807) is 12.1 Å². The Morgan fingerprint density at radius 1 is 1.39 bits per heavy atom. The van der Waals surface area contributed by atoms with Crippen LogP contribution in [0.25, 0.3) is 11.4 Å². The van der Waals surface area contributed by atoms with Crippen LogP contribution in [0.15, 0.2) is 24.3 Å². The van der Waals surface area contributed by atoms with Crippen molar-refractivity contribution >= 4 is 11.6 Å². The van der Waals surface area contributed by atoms with Gasteiger partial charge in [0, 0.05) is 23.7 Å². The highest BCUT2D eigenvalue weighted by Gasteiger charge is 2.18. The molecule has 2 aromatic rings. The van der Waals surface area contributed by atoms with Gasteiger partial charge in [-0.1, -0.05) is 25.0 Å². The molecule has 0 radical (unpaired) electrons. The number of nitro groups is 1. The molecule has 1 aliphatic carbocycles. The molecule has 120 valence electrons. The highest BCUT2D eigenvalue weighted by Crippen LogP contribution is 2.21. The van der Waals surface area contributed by atoms with E-state index in [1.165, 1.54) is 12.1 Å². The van der Waals surface area contributed by atoms with E-state index in [1.807, 2.05) is 0 Å². The van der Waals surface area contributed by atoms with Gasteiger partial charge in [0.05, 0.1) is 11.3 Å². The molecule has 1 heterocycles. The Labute approximate surface area is 132 Å². The summed E-state index contributed by atoms with van der Waals surface area (Å²) in [5, 5.41) is 20.5. The first-order valence-electron chi connectivity index (χ1n) is 7.57. The predicted molar refractivity (Wildman–Crippen MR) is 82.6 cm³/mol. The average Bonchev–Trinajstić information content (AvgIpc) is 3.19. The van der Waals surface area contributed by atoms with E-state index in [-0.39, 0.29) is 24.1 Å². The Morgan fingerprint density at radius 3 is 2.91 bits per heavy atom. The number of aromatic nitrogens is 3. The second kappa shape index (κ2) is 6.55. The third kappa shape index (κ3) is 3.71. The first kappa shape index (κ1) is 15.1. The van der Waals surface area contributed by atoms with Gasteiger partial charge < -0.3 is 5.32 Å². The van der Waals surface area contributed by atoms with Gasteiger partial charge in [-0.05, 0) is 12.8 Å². The predicted octanol–water partition coefficient (Wildman–Crippen LogP) is 1.98. The molecule has 3 rings (SSSR count). The number of nitrogens with one attached hydrogen (secondary N) is 2. The molecule has 0 bridgehead atoms. The van der Waals surface area contributed by atoms with Gasteiger partial charge in [-0.3, -0.25) is 20.0 Å². The third-order valence-electron chi connectivity index (χ3n) is 3.90. The third-order valence-corrected chi connectivity index (χ3v) is 3.90. The maximum absolute atomic E-state index is 12.0. The molecule has 8 nitrogen and oxygen atoms in total. The van der Waals surface area contributed by atoms with E-state index >= 15 is 0 Å². The maximum Gasteiger partial charge on any atom is 0.270 e. The van der Waals surface area contributed by atoms with Crippen LogP contribution < -0.4 is 5.32 Å².